The SMILES string of the molecule is NCCn1ccc(=O)c2ccc(Cl)cc21. The van der Waals surface area contributed by atoms with Crippen molar-refractivity contribution in [2.24, 2.45) is 5.73 Å². The zero-order valence-corrected chi connectivity index (χ0v) is 8.87. The van der Waals surface area contributed by atoms with Gasteiger partial charge in [0.05, 0.1) is 5.52 Å². The van der Waals surface area contributed by atoms with Crippen LogP contribution in [0.5, 0.6) is 0 Å². The second-order valence-electron chi connectivity index (χ2n) is 3.32. The average Bonchev–Trinajstić information content (AvgIpc) is 2.22. The van der Waals surface area contributed by atoms with E-state index in [1.165, 1.54) is 0 Å². The summed E-state index contributed by atoms with van der Waals surface area (Å²) in [4.78, 5) is 11.6. The van der Waals surface area contributed by atoms with E-state index in [4.69, 9.17) is 17.3 Å². The van der Waals surface area contributed by atoms with Crippen molar-refractivity contribution < 1.29 is 0 Å². The van der Waals surface area contributed by atoms with Gasteiger partial charge in [0.15, 0.2) is 5.43 Å². The lowest BCUT2D eigenvalue weighted by Gasteiger charge is -2.09. The van der Waals surface area contributed by atoms with E-state index in [0.717, 1.165) is 5.52 Å². The Hall–Kier alpha value is -1.32. The van der Waals surface area contributed by atoms with Gasteiger partial charge in [0.2, 0.25) is 0 Å². The van der Waals surface area contributed by atoms with Crippen LogP contribution in [0.25, 0.3) is 10.9 Å². The van der Waals surface area contributed by atoms with Gasteiger partial charge in [-0.3, -0.25) is 4.79 Å². The number of nitrogens with two attached hydrogens (primary N) is 1. The third-order valence-corrected chi connectivity index (χ3v) is 2.55. The molecule has 4 heteroatoms. The highest BCUT2D eigenvalue weighted by Gasteiger charge is 2.02. The molecule has 0 aliphatic heterocycles. The molecule has 15 heavy (non-hydrogen) atoms. The van der Waals surface area contributed by atoms with E-state index >= 15 is 0 Å². The summed E-state index contributed by atoms with van der Waals surface area (Å²) >= 11 is 5.90. The minimum Gasteiger partial charge on any atom is -0.346 e. The van der Waals surface area contributed by atoms with E-state index in [1.54, 1.807) is 30.5 Å². The van der Waals surface area contributed by atoms with Crippen molar-refractivity contribution in [1.29, 1.82) is 0 Å². The number of rotatable bonds is 2. The minimum atomic E-state index is 0.00920. The lowest BCUT2D eigenvalue weighted by Crippen LogP contribution is -2.13. The van der Waals surface area contributed by atoms with E-state index in [1.807, 2.05) is 4.57 Å². The van der Waals surface area contributed by atoms with Gasteiger partial charge in [-0.15, -0.1) is 0 Å². The molecule has 3 nitrogen and oxygen atoms in total. The fourth-order valence-electron chi connectivity index (χ4n) is 1.61. The van der Waals surface area contributed by atoms with Crippen molar-refractivity contribution in [3.05, 3.63) is 45.7 Å². The summed E-state index contributed by atoms with van der Waals surface area (Å²) in [7, 11) is 0. The number of nitrogens with zero attached hydrogens (tertiary/aromatic N) is 1. The van der Waals surface area contributed by atoms with Crippen molar-refractivity contribution >= 4 is 22.5 Å². The first kappa shape index (κ1) is 10.2. The number of pyridine rings is 1. The van der Waals surface area contributed by atoms with Crippen molar-refractivity contribution in [3.63, 3.8) is 0 Å². The second kappa shape index (κ2) is 4.04. The number of fused-ring (bicyclic) bond motifs is 1. The van der Waals surface area contributed by atoms with Gasteiger partial charge in [-0.25, -0.2) is 0 Å². The van der Waals surface area contributed by atoms with Crippen LogP contribution in [0, 0.1) is 0 Å². The summed E-state index contributed by atoms with van der Waals surface area (Å²) in [6.07, 6.45) is 1.74. The maximum Gasteiger partial charge on any atom is 0.189 e. The Morgan fingerprint density at radius 3 is 2.87 bits per heavy atom. The van der Waals surface area contributed by atoms with Crippen LogP contribution in [0.2, 0.25) is 5.02 Å². The van der Waals surface area contributed by atoms with E-state index in [9.17, 15) is 4.79 Å². The molecule has 0 unspecified atom stereocenters. The van der Waals surface area contributed by atoms with E-state index < -0.39 is 0 Å². The topological polar surface area (TPSA) is 48.0 Å². The van der Waals surface area contributed by atoms with Crippen LogP contribution in [0.3, 0.4) is 0 Å². The molecule has 1 heterocycles. The van der Waals surface area contributed by atoms with Crippen LogP contribution in [-0.2, 0) is 6.54 Å². The molecule has 0 atom stereocenters. The molecule has 0 amide bonds. The Balaban J connectivity index is 2.78. The molecule has 2 aromatic rings. The smallest absolute Gasteiger partial charge is 0.189 e. The Morgan fingerprint density at radius 1 is 1.33 bits per heavy atom. The number of halogens is 1. The van der Waals surface area contributed by atoms with Gasteiger partial charge in [0, 0.05) is 35.8 Å². The van der Waals surface area contributed by atoms with Crippen LogP contribution in [0.1, 0.15) is 0 Å². The van der Waals surface area contributed by atoms with Crippen LogP contribution in [0.4, 0.5) is 0 Å². The molecule has 1 aromatic carbocycles. The highest BCUT2D eigenvalue weighted by atomic mass is 35.5. The number of aromatic nitrogens is 1. The monoisotopic (exact) mass is 222 g/mol. The predicted molar refractivity (Wildman–Crippen MR) is 62.3 cm³/mol. The molecular weight excluding hydrogens is 212 g/mol. The molecule has 2 rings (SSSR count). The van der Waals surface area contributed by atoms with Crippen LogP contribution in [0.15, 0.2) is 35.3 Å². The lowest BCUT2D eigenvalue weighted by atomic mass is 10.2. The van der Waals surface area contributed by atoms with Gasteiger partial charge < -0.3 is 10.3 Å². The average molecular weight is 223 g/mol. The normalized spacial score (nSPS) is 10.8. The number of hydrogen-bond donors (Lipinski definition) is 1. The molecule has 0 saturated carbocycles. The van der Waals surface area contributed by atoms with Gasteiger partial charge in [-0.1, -0.05) is 11.6 Å². The summed E-state index contributed by atoms with van der Waals surface area (Å²) in [5, 5.41) is 1.30. The molecule has 0 fully saturated rings. The standard InChI is InChI=1S/C11H11ClN2O/c12-8-1-2-9-10(7-8)14(6-4-13)5-3-11(9)15/h1-3,5,7H,4,6,13H2. The summed E-state index contributed by atoms with van der Waals surface area (Å²) in [6.45, 7) is 1.21. The Bertz CT molecular complexity index is 548. The molecule has 0 bridgehead atoms. The van der Waals surface area contributed by atoms with Gasteiger partial charge in [0.1, 0.15) is 0 Å². The van der Waals surface area contributed by atoms with Gasteiger partial charge in [0.25, 0.3) is 0 Å². The first-order valence-corrected chi connectivity index (χ1v) is 5.09. The van der Waals surface area contributed by atoms with Crippen LogP contribution in [-0.4, -0.2) is 11.1 Å². The number of hydrogen-bond acceptors (Lipinski definition) is 2. The van der Waals surface area contributed by atoms with Crippen LogP contribution < -0.4 is 11.2 Å². The molecule has 0 spiro atoms. The van der Waals surface area contributed by atoms with Gasteiger partial charge >= 0.3 is 0 Å². The van der Waals surface area contributed by atoms with Crippen molar-refractivity contribution in [2.75, 3.05) is 6.54 Å². The third-order valence-electron chi connectivity index (χ3n) is 2.31. The molecule has 1 aromatic heterocycles. The molecular formula is C11H11ClN2O. The first-order chi connectivity index (χ1) is 7.22. The van der Waals surface area contributed by atoms with Crippen molar-refractivity contribution in [1.82, 2.24) is 4.57 Å². The summed E-state index contributed by atoms with van der Waals surface area (Å²) in [6, 6.07) is 6.80. The highest BCUT2D eigenvalue weighted by molar-refractivity contribution is 6.31. The zero-order valence-electron chi connectivity index (χ0n) is 8.11. The second-order valence-corrected chi connectivity index (χ2v) is 3.76. The first-order valence-electron chi connectivity index (χ1n) is 4.71. The van der Waals surface area contributed by atoms with E-state index in [0.29, 0.717) is 23.5 Å². The van der Waals surface area contributed by atoms with Crippen molar-refractivity contribution in [2.45, 2.75) is 6.54 Å². The summed E-state index contributed by atoms with van der Waals surface area (Å²) in [5.74, 6) is 0. The molecule has 78 valence electrons. The minimum absolute atomic E-state index is 0.00920. The highest BCUT2D eigenvalue weighted by Crippen LogP contribution is 2.16. The lowest BCUT2D eigenvalue weighted by molar-refractivity contribution is 0.728. The molecule has 0 saturated heterocycles. The fourth-order valence-corrected chi connectivity index (χ4v) is 1.78. The maximum absolute atomic E-state index is 11.6. The largest absolute Gasteiger partial charge is 0.346 e. The Morgan fingerprint density at radius 2 is 2.13 bits per heavy atom. The maximum atomic E-state index is 11.6. The van der Waals surface area contributed by atoms with Gasteiger partial charge in [-0.2, -0.15) is 0 Å². The third kappa shape index (κ3) is 1.89. The molecule has 0 radical (unpaired) electrons. The molecule has 0 aliphatic carbocycles. The Labute approximate surface area is 92.1 Å². The van der Waals surface area contributed by atoms with Crippen molar-refractivity contribution in [3.8, 4) is 0 Å². The van der Waals surface area contributed by atoms with Crippen LogP contribution >= 0.6 is 11.6 Å². The predicted octanol–water partition coefficient (Wildman–Crippen LogP) is 1.61. The quantitative estimate of drug-likeness (QED) is 0.840. The fraction of sp³-hybridized carbons (Fsp3) is 0.182. The zero-order chi connectivity index (χ0) is 10.8. The summed E-state index contributed by atoms with van der Waals surface area (Å²) in [5.41, 5.74) is 6.34. The molecule has 2 N–H and O–H groups in total. The molecule has 0 aliphatic rings. The van der Waals surface area contributed by atoms with E-state index in [-0.39, 0.29) is 5.43 Å². The summed E-state index contributed by atoms with van der Waals surface area (Å²) < 4.78 is 1.93. The van der Waals surface area contributed by atoms with E-state index in [2.05, 4.69) is 0 Å². The Kier molecular flexibility index (Phi) is 2.75. The van der Waals surface area contributed by atoms with Gasteiger partial charge in [-0.05, 0) is 18.2 Å². The number of benzene rings is 1.